The molecule has 4 nitrogen and oxygen atoms in total. The molecule has 0 radical (unpaired) electrons. The highest BCUT2D eigenvalue weighted by atomic mass is 16.2. The van der Waals surface area contributed by atoms with Crippen molar-refractivity contribution in [3.05, 3.63) is 34.9 Å². The van der Waals surface area contributed by atoms with E-state index in [1.807, 2.05) is 13.0 Å². The zero-order chi connectivity index (χ0) is 11.7. The molecular formula is C12H14N2O2. The molecule has 1 aliphatic rings. The molecule has 0 saturated heterocycles. The lowest BCUT2D eigenvalue weighted by Crippen LogP contribution is -2.47. The van der Waals surface area contributed by atoms with Gasteiger partial charge in [0, 0.05) is 5.56 Å². The molecule has 0 unspecified atom stereocenters. The Balaban J connectivity index is 2.44. The highest BCUT2D eigenvalue weighted by Gasteiger charge is 2.30. The Labute approximate surface area is 93.8 Å². The Morgan fingerprint density at radius 1 is 1.31 bits per heavy atom. The molecule has 0 spiro atoms. The van der Waals surface area contributed by atoms with E-state index in [1.165, 1.54) is 0 Å². The van der Waals surface area contributed by atoms with Gasteiger partial charge in [-0.25, -0.2) is 0 Å². The fraction of sp³-hybridized carbons (Fsp3) is 0.333. The Bertz CT molecular complexity index is 454. The van der Waals surface area contributed by atoms with Crippen LogP contribution < -0.4 is 11.1 Å². The second kappa shape index (κ2) is 4.06. The number of hydrogen-bond donors (Lipinski definition) is 2. The van der Waals surface area contributed by atoms with Crippen molar-refractivity contribution in [2.45, 2.75) is 19.4 Å². The van der Waals surface area contributed by atoms with E-state index in [0.717, 1.165) is 5.56 Å². The molecule has 0 fully saturated rings. The highest BCUT2D eigenvalue weighted by molar-refractivity contribution is 6.15. The number of hydrogen-bond acceptors (Lipinski definition) is 3. The van der Waals surface area contributed by atoms with Gasteiger partial charge in [-0.2, -0.15) is 0 Å². The molecule has 0 aliphatic carbocycles. The molecule has 0 aromatic heterocycles. The summed E-state index contributed by atoms with van der Waals surface area (Å²) in [6, 6.07) is 4.82. The van der Waals surface area contributed by atoms with Crippen LogP contribution in [-0.2, 0) is 0 Å². The van der Waals surface area contributed by atoms with Gasteiger partial charge in [-0.05, 0) is 32.0 Å². The Morgan fingerprint density at radius 3 is 2.75 bits per heavy atom. The molecule has 1 amide bonds. The van der Waals surface area contributed by atoms with Gasteiger partial charge in [0.2, 0.25) is 0 Å². The molecular weight excluding hydrogens is 204 g/mol. The number of aryl methyl sites for hydroxylation is 1. The first-order chi connectivity index (χ1) is 7.63. The van der Waals surface area contributed by atoms with Crippen molar-refractivity contribution >= 4 is 11.7 Å². The van der Waals surface area contributed by atoms with Crippen LogP contribution in [0.2, 0.25) is 0 Å². The van der Waals surface area contributed by atoms with E-state index in [-0.39, 0.29) is 11.7 Å². The summed E-state index contributed by atoms with van der Waals surface area (Å²) in [5, 5.41) is 2.67. The van der Waals surface area contributed by atoms with Gasteiger partial charge in [-0.1, -0.05) is 11.6 Å². The van der Waals surface area contributed by atoms with Crippen molar-refractivity contribution < 1.29 is 9.59 Å². The summed E-state index contributed by atoms with van der Waals surface area (Å²) in [5.74, 6) is -0.225. The number of benzene rings is 1. The first-order valence-electron chi connectivity index (χ1n) is 5.29. The second-order valence-corrected chi connectivity index (χ2v) is 4.02. The van der Waals surface area contributed by atoms with Gasteiger partial charge < -0.3 is 11.1 Å². The highest BCUT2D eigenvalue weighted by Crippen LogP contribution is 2.19. The third-order valence-corrected chi connectivity index (χ3v) is 2.76. The molecule has 2 rings (SSSR count). The number of Topliss-reactive ketones (excluding diaryl/α,β-unsaturated/α-hetero) is 1. The van der Waals surface area contributed by atoms with E-state index in [2.05, 4.69) is 5.32 Å². The largest absolute Gasteiger partial charge is 0.342 e. The monoisotopic (exact) mass is 218 g/mol. The van der Waals surface area contributed by atoms with Crippen LogP contribution in [0.1, 0.15) is 32.7 Å². The summed E-state index contributed by atoms with van der Waals surface area (Å²) < 4.78 is 0. The van der Waals surface area contributed by atoms with Crippen molar-refractivity contribution in [1.82, 2.24) is 5.32 Å². The molecule has 1 aromatic rings. The second-order valence-electron chi connectivity index (χ2n) is 4.02. The summed E-state index contributed by atoms with van der Waals surface area (Å²) in [4.78, 5) is 23.8. The number of rotatable bonds is 2. The Kier molecular flexibility index (Phi) is 2.75. The molecule has 1 aromatic carbocycles. The minimum Gasteiger partial charge on any atom is -0.342 e. The number of carbonyl (C=O) groups is 2. The normalized spacial score (nSPS) is 19.2. The molecule has 4 heteroatoms. The standard InChI is InChI=1S/C12H14N2O2/c1-7-2-3-8-9(6-7)11(15)10(4-5-13)14-12(8)16/h2-3,6,10H,4-5,13H2,1H3,(H,14,16)/t10-/m1/s1. The predicted molar refractivity (Wildman–Crippen MR) is 60.4 cm³/mol. The number of amides is 1. The van der Waals surface area contributed by atoms with Gasteiger partial charge >= 0.3 is 0 Å². The SMILES string of the molecule is Cc1ccc2c(c1)C(=O)[C@@H](CCN)NC2=O. The van der Waals surface area contributed by atoms with Gasteiger partial charge in [0.15, 0.2) is 5.78 Å². The number of carbonyl (C=O) groups excluding carboxylic acids is 2. The Hall–Kier alpha value is -1.68. The van der Waals surface area contributed by atoms with E-state index in [1.54, 1.807) is 12.1 Å². The first kappa shape index (κ1) is 10.8. The minimum atomic E-state index is -0.466. The minimum absolute atomic E-state index is 0.0382. The zero-order valence-electron chi connectivity index (χ0n) is 9.12. The van der Waals surface area contributed by atoms with Crippen molar-refractivity contribution in [1.29, 1.82) is 0 Å². The molecule has 0 bridgehead atoms. The van der Waals surface area contributed by atoms with Gasteiger partial charge in [-0.3, -0.25) is 9.59 Å². The number of nitrogens with two attached hydrogens (primary N) is 1. The van der Waals surface area contributed by atoms with E-state index in [4.69, 9.17) is 5.73 Å². The maximum atomic E-state index is 12.0. The molecule has 84 valence electrons. The van der Waals surface area contributed by atoms with Crippen LogP contribution in [0.4, 0.5) is 0 Å². The molecule has 1 heterocycles. The van der Waals surface area contributed by atoms with E-state index < -0.39 is 6.04 Å². The summed E-state index contributed by atoms with van der Waals surface area (Å²) in [6.45, 7) is 2.29. The van der Waals surface area contributed by atoms with Crippen LogP contribution in [0.3, 0.4) is 0 Å². The maximum Gasteiger partial charge on any atom is 0.252 e. The van der Waals surface area contributed by atoms with Gasteiger partial charge in [0.1, 0.15) is 0 Å². The van der Waals surface area contributed by atoms with E-state index >= 15 is 0 Å². The summed E-state index contributed by atoms with van der Waals surface area (Å²) in [5.41, 5.74) is 7.37. The molecule has 1 atom stereocenters. The van der Waals surface area contributed by atoms with Crippen LogP contribution in [0, 0.1) is 6.92 Å². The van der Waals surface area contributed by atoms with Crippen LogP contribution in [-0.4, -0.2) is 24.3 Å². The number of nitrogens with one attached hydrogen (secondary N) is 1. The van der Waals surface area contributed by atoms with Gasteiger partial charge in [0.05, 0.1) is 11.6 Å². The van der Waals surface area contributed by atoms with Crippen LogP contribution >= 0.6 is 0 Å². The Morgan fingerprint density at radius 2 is 2.06 bits per heavy atom. The number of fused-ring (bicyclic) bond motifs is 1. The first-order valence-corrected chi connectivity index (χ1v) is 5.29. The summed E-state index contributed by atoms with van der Waals surface area (Å²) in [7, 11) is 0. The van der Waals surface area contributed by atoms with E-state index in [0.29, 0.717) is 24.1 Å². The average Bonchev–Trinajstić information content (AvgIpc) is 2.25. The predicted octanol–water partition coefficient (Wildman–Crippen LogP) is 0.639. The van der Waals surface area contributed by atoms with Gasteiger partial charge in [-0.15, -0.1) is 0 Å². The lowest BCUT2D eigenvalue weighted by Gasteiger charge is -2.24. The molecule has 3 N–H and O–H groups in total. The van der Waals surface area contributed by atoms with Crippen molar-refractivity contribution in [2.75, 3.05) is 6.54 Å². The summed E-state index contributed by atoms with van der Waals surface area (Å²) in [6.07, 6.45) is 0.484. The van der Waals surface area contributed by atoms with Crippen LogP contribution in [0.25, 0.3) is 0 Å². The van der Waals surface area contributed by atoms with Crippen molar-refractivity contribution in [3.63, 3.8) is 0 Å². The fourth-order valence-corrected chi connectivity index (χ4v) is 1.92. The van der Waals surface area contributed by atoms with E-state index in [9.17, 15) is 9.59 Å². The zero-order valence-corrected chi connectivity index (χ0v) is 9.12. The quantitative estimate of drug-likeness (QED) is 0.765. The lowest BCUT2D eigenvalue weighted by molar-refractivity contribution is 0.0824. The molecule has 1 aliphatic heterocycles. The van der Waals surface area contributed by atoms with Crippen molar-refractivity contribution in [2.24, 2.45) is 5.73 Å². The van der Waals surface area contributed by atoms with Gasteiger partial charge in [0.25, 0.3) is 5.91 Å². The summed E-state index contributed by atoms with van der Waals surface area (Å²) >= 11 is 0. The van der Waals surface area contributed by atoms with Crippen LogP contribution in [0.5, 0.6) is 0 Å². The topological polar surface area (TPSA) is 72.2 Å². The maximum absolute atomic E-state index is 12.0. The third kappa shape index (κ3) is 1.72. The molecule has 0 saturated carbocycles. The molecule has 16 heavy (non-hydrogen) atoms. The smallest absolute Gasteiger partial charge is 0.252 e. The van der Waals surface area contributed by atoms with Crippen LogP contribution in [0.15, 0.2) is 18.2 Å². The van der Waals surface area contributed by atoms with Crippen molar-refractivity contribution in [3.8, 4) is 0 Å². The average molecular weight is 218 g/mol. The lowest BCUT2D eigenvalue weighted by atomic mass is 9.91. The third-order valence-electron chi connectivity index (χ3n) is 2.76. The number of ketones is 1. The fourth-order valence-electron chi connectivity index (χ4n) is 1.92.